The number of ether oxygens (including phenoxy) is 1. The summed E-state index contributed by atoms with van der Waals surface area (Å²) in [7, 11) is 0. The molecule has 0 bridgehead atoms. The van der Waals surface area contributed by atoms with Gasteiger partial charge in [-0.2, -0.15) is 0 Å². The Bertz CT molecular complexity index is 385. The molecule has 0 atom stereocenters. The number of hydrogen-bond donors (Lipinski definition) is 2. The van der Waals surface area contributed by atoms with Crippen molar-refractivity contribution in [2.24, 2.45) is 5.92 Å². The summed E-state index contributed by atoms with van der Waals surface area (Å²) in [5.74, 6) is 1.62. The average Bonchev–Trinajstić information content (AvgIpc) is 3.16. The molecule has 1 aliphatic carbocycles. The summed E-state index contributed by atoms with van der Waals surface area (Å²) in [6.07, 6.45) is 2.60. The third kappa shape index (κ3) is 4.37. The zero-order chi connectivity index (χ0) is 12.8. The van der Waals surface area contributed by atoms with Crippen LogP contribution in [0.25, 0.3) is 0 Å². The van der Waals surface area contributed by atoms with Crippen LogP contribution in [0.2, 0.25) is 0 Å². The number of hydrogen-bond acceptors (Lipinski definition) is 3. The molecule has 0 saturated heterocycles. The molecule has 0 spiro atoms. The lowest BCUT2D eigenvalue weighted by Gasteiger charge is -2.07. The van der Waals surface area contributed by atoms with Crippen molar-refractivity contribution in [3.63, 3.8) is 0 Å². The second kappa shape index (κ2) is 6.40. The Kier molecular flexibility index (Phi) is 4.59. The molecule has 1 saturated carbocycles. The number of carbonyl (C=O) groups is 1. The molecule has 2 N–H and O–H groups in total. The van der Waals surface area contributed by atoms with Crippen molar-refractivity contribution in [1.29, 1.82) is 0 Å². The van der Waals surface area contributed by atoms with Crippen LogP contribution in [0.1, 0.15) is 19.8 Å². The van der Waals surface area contributed by atoms with Crippen molar-refractivity contribution >= 4 is 11.6 Å². The van der Waals surface area contributed by atoms with Crippen molar-refractivity contribution in [1.82, 2.24) is 5.32 Å². The monoisotopic (exact) mass is 248 g/mol. The molecule has 1 amide bonds. The topological polar surface area (TPSA) is 50.4 Å². The fourth-order valence-corrected chi connectivity index (χ4v) is 1.72. The first-order valence-electron chi connectivity index (χ1n) is 6.51. The fraction of sp³-hybridized carbons (Fsp3) is 0.500. The average molecular weight is 248 g/mol. The zero-order valence-electron chi connectivity index (χ0n) is 10.7. The molecular weight excluding hydrogens is 228 g/mol. The van der Waals surface area contributed by atoms with E-state index in [0.29, 0.717) is 13.2 Å². The molecule has 2 rings (SSSR count). The second-order valence-electron chi connectivity index (χ2n) is 4.58. The minimum Gasteiger partial charge on any atom is -0.494 e. The number of carbonyl (C=O) groups excluding carboxylic acids is 1. The summed E-state index contributed by atoms with van der Waals surface area (Å²) in [6, 6.07) is 7.42. The van der Waals surface area contributed by atoms with Gasteiger partial charge in [-0.05, 0) is 56.5 Å². The van der Waals surface area contributed by atoms with Crippen LogP contribution in [0.3, 0.4) is 0 Å². The van der Waals surface area contributed by atoms with E-state index in [9.17, 15) is 4.79 Å². The summed E-state index contributed by atoms with van der Waals surface area (Å²) < 4.78 is 5.34. The molecule has 1 aromatic rings. The Morgan fingerprint density at radius 2 is 2.06 bits per heavy atom. The van der Waals surface area contributed by atoms with Crippen molar-refractivity contribution in [3.8, 4) is 5.75 Å². The number of nitrogens with one attached hydrogen (secondary N) is 2. The normalized spacial score (nSPS) is 14.3. The van der Waals surface area contributed by atoms with Crippen LogP contribution in [0.15, 0.2) is 24.3 Å². The van der Waals surface area contributed by atoms with E-state index in [1.165, 1.54) is 12.8 Å². The highest BCUT2D eigenvalue weighted by atomic mass is 16.5. The predicted molar refractivity (Wildman–Crippen MR) is 71.8 cm³/mol. The number of amides is 1. The highest BCUT2D eigenvalue weighted by molar-refractivity contribution is 5.92. The van der Waals surface area contributed by atoms with Crippen LogP contribution in [-0.2, 0) is 4.79 Å². The van der Waals surface area contributed by atoms with Crippen LogP contribution in [0, 0.1) is 5.92 Å². The van der Waals surface area contributed by atoms with E-state index in [4.69, 9.17) is 4.74 Å². The summed E-state index contributed by atoms with van der Waals surface area (Å²) in [6.45, 7) is 3.93. The van der Waals surface area contributed by atoms with Gasteiger partial charge in [-0.15, -0.1) is 0 Å². The standard InChI is InChI=1S/C14H20N2O2/c1-2-18-13-7-5-12(6-8-13)16-14(17)10-15-9-11-3-4-11/h5-8,11,15H,2-4,9-10H2,1H3,(H,16,17). The molecule has 98 valence electrons. The van der Waals surface area contributed by atoms with Crippen LogP contribution < -0.4 is 15.4 Å². The van der Waals surface area contributed by atoms with E-state index in [0.717, 1.165) is 23.9 Å². The molecule has 1 aromatic carbocycles. The first-order valence-corrected chi connectivity index (χ1v) is 6.51. The van der Waals surface area contributed by atoms with Gasteiger partial charge in [0, 0.05) is 5.69 Å². The zero-order valence-corrected chi connectivity index (χ0v) is 10.7. The minimum absolute atomic E-state index is 0.000176. The van der Waals surface area contributed by atoms with Gasteiger partial charge in [0.25, 0.3) is 0 Å². The van der Waals surface area contributed by atoms with Gasteiger partial charge < -0.3 is 15.4 Å². The molecular formula is C14H20N2O2. The lowest BCUT2D eigenvalue weighted by molar-refractivity contribution is -0.115. The Balaban J connectivity index is 1.71. The fourth-order valence-electron chi connectivity index (χ4n) is 1.72. The largest absolute Gasteiger partial charge is 0.494 e. The highest BCUT2D eigenvalue weighted by Crippen LogP contribution is 2.27. The van der Waals surface area contributed by atoms with Gasteiger partial charge in [-0.1, -0.05) is 0 Å². The molecule has 1 fully saturated rings. The SMILES string of the molecule is CCOc1ccc(NC(=O)CNCC2CC2)cc1. The first-order chi connectivity index (χ1) is 8.78. The molecule has 4 heteroatoms. The Hall–Kier alpha value is -1.55. The van der Waals surface area contributed by atoms with E-state index in [-0.39, 0.29) is 5.91 Å². The van der Waals surface area contributed by atoms with Gasteiger partial charge in [0.1, 0.15) is 5.75 Å². The van der Waals surface area contributed by atoms with E-state index in [2.05, 4.69) is 10.6 Å². The lowest BCUT2D eigenvalue weighted by atomic mass is 10.3. The number of anilines is 1. The van der Waals surface area contributed by atoms with E-state index in [1.807, 2.05) is 31.2 Å². The van der Waals surface area contributed by atoms with Gasteiger partial charge in [0.05, 0.1) is 13.2 Å². The van der Waals surface area contributed by atoms with Crippen LogP contribution in [-0.4, -0.2) is 25.6 Å². The van der Waals surface area contributed by atoms with Crippen molar-refractivity contribution in [3.05, 3.63) is 24.3 Å². The molecule has 0 aromatic heterocycles. The first kappa shape index (κ1) is 12.9. The molecule has 18 heavy (non-hydrogen) atoms. The summed E-state index contributed by atoms with van der Waals surface area (Å²) in [4.78, 5) is 11.6. The molecule has 4 nitrogen and oxygen atoms in total. The minimum atomic E-state index is -0.000176. The molecule has 0 aliphatic heterocycles. The third-order valence-corrected chi connectivity index (χ3v) is 2.86. The maximum atomic E-state index is 11.6. The Labute approximate surface area is 108 Å². The molecule has 0 heterocycles. The van der Waals surface area contributed by atoms with Crippen molar-refractivity contribution in [2.45, 2.75) is 19.8 Å². The van der Waals surface area contributed by atoms with Gasteiger partial charge in [0.2, 0.25) is 5.91 Å². The maximum Gasteiger partial charge on any atom is 0.238 e. The number of benzene rings is 1. The maximum absolute atomic E-state index is 11.6. The highest BCUT2D eigenvalue weighted by Gasteiger charge is 2.20. The van der Waals surface area contributed by atoms with Gasteiger partial charge >= 0.3 is 0 Å². The van der Waals surface area contributed by atoms with Gasteiger partial charge in [-0.25, -0.2) is 0 Å². The predicted octanol–water partition coefficient (Wildman–Crippen LogP) is 2.02. The van der Waals surface area contributed by atoms with Gasteiger partial charge in [0.15, 0.2) is 0 Å². The van der Waals surface area contributed by atoms with E-state index < -0.39 is 0 Å². The molecule has 0 radical (unpaired) electrons. The van der Waals surface area contributed by atoms with E-state index >= 15 is 0 Å². The van der Waals surface area contributed by atoms with Crippen LogP contribution in [0.4, 0.5) is 5.69 Å². The van der Waals surface area contributed by atoms with Crippen LogP contribution in [0.5, 0.6) is 5.75 Å². The van der Waals surface area contributed by atoms with E-state index in [1.54, 1.807) is 0 Å². The summed E-state index contributed by atoms with van der Waals surface area (Å²) >= 11 is 0. The molecule has 1 aliphatic rings. The van der Waals surface area contributed by atoms with Crippen molar-refractivity contribution in [2.75, 3.05) is 25.0 Å². The smallest absolute Gasteiger partial charge is 0.238 e. The van der Waals surface area contributed by atoms with Crippen LogP contribution >= 0.6 is 0 Å². The second-order valence-corrected chi connectivity index (χ2v) is 4.58. The quantitative estimate of drug-likeness (QED) is 0.776. The lowest BCUT2D eigenvalue weighted by Crippen LogP contribution is -2.29. The Morgan fingerprint density at radius 1 is 1.33 bits per heavy atom. The molecule has 0 unspecified atom stereocenters. The Morgan fingerprint density at radius 3 is 2.67 bits per heavy atom. The third-order valence-electron chi connectivity index (χ3n) is 2.86. The van der Waals surface area contributed by atoms with Crippen molar-refractivity contribution < 1.29 is 9.53 Å². The number of rotatable bonds is 7. The summed E-state index contributed by atoms with van der Waals surface area (Å²) in [5, 5.41) is 6.01. The summed E-state index contributed by atoms with van der Waals surface area (Å²) in [5.41, 5.74) is 0.802. The van der Waals surface area contributed by atoms with Gasteiger partial charge in [-0.3, -0.25) is 4.79 Å².